The van der Waals surface area contributed by atoms with E-state index >= 15 is 0 Å². The lowest BCUT2D eigenvalue weighted by Gasteiger charge is -2.30. The van der Waals surface area contributed by atoms with Crippen LogP contribution in [0.1, 0.15) is 12.8 Å². The molecule has 0 radical (unpaired) electrons. The number of nitrogens with one attached hydrogen (secondary N) is 2. The number of hydrogen-bond acceptors (Lipinski definition) is 3. The number of hydrogen-bond donors (Lipinski definition) is 2. The third kappa shape index (κ3) is 2.77. The molecule has 0 saturated carbocycles. The molecule has 0 atom stereocenters. The molecule has 0 aliphatic carbocycles. The Morgan fingerprint density at radius 3 is 2.36 bits per heavy atom. The van der Waals surface area contributed by atoms with E-state index in [0.29, 0.717) is 0 Å². The van der Waals surface area contributed by atoms with Crippen LogP contribution in [0.4, 0.5) is 0 Å². The summed E-state index contributed by atoms with van der Waals surface area (Å²) in [4.78, 5) is 0. The van der Waals surface area contributed by atoms with Gasteiger partial charge in [-0.05, 0) is 39.4 Å². The Kier molecular flexibility index (Phi) is 3.83. The summed E-state index contributed by atoms with van der Waals surface area (Å²) in [5.74, 6) is 0.893. The summed E-state index contributed by atoms with van der Waals surface area (Å²) in [6.45, 7) is 3.57. The standard InChI is InChI=1S/C8H19N3/c1-9-7-8-3-5-11(10-2)6-4-8/h8-10H,3-7H2,1-2H3. The van der Waals surface area contributed by atoms with Crippen molar-refractivity contribution in [2.45, 2.75) is 12.8 Å². The van der Waals surface area contributed by atoms with E-state index in [2.05, 4.69) is 15.8 Å². The molecular weight excluding hydrogens is 138 g/mol. The van der Waals surface area contributed by atoms with Crippen molar-refractivity contribution in [2.24, 2.45) is 5.92 Å². The lowest BCUT2D eigenvalue weighted by atomic mass is 9.98. The van der Waals surface area contributed by atoms with Crippen LogP contribution in [0.2, 0.25) is 0 Å². The van der Waals surface area contributed by atoms with Crippen molar-refractivity contribution in [3.8, 4) is 0 Å². The van der Waals surface area contributed by atoms with Crippen molar-refractivity contribution in [3.05, 3.63) is 0 Å². The Morgan fingerprint density at radius 1 is 1.27 bits per heavy atom. The summed E-state index contributed by atoms with van der Waals surface area (Å²) >= 11 is 0. The highest BCUT2D eigenvalue weighted by Crippen LogP contribution is 2.13. The molecule has 3 heteroatoms. The minimum absolute atomic E-state index is 0.893. The lowest BCUT2D eigenvalue weighted by molar-refractivity contribution is 0.137. The summed E-state index contributed by atoms with van der Waals surface area (Å²) in [6.07, 6.45) is 2.64. The average Bonchev–Trinajstić information content (AvgIpc) is 2.07. The van der Waals surface area contributed by atoms with E-state index in [1.54, 1.807) is 0 Å². The van der Waals surface area contributed by atoms with Crippen molar-refractivity contribution in [1.82, 2.24) is 15.8 Å². The lowest BCUT2D eigenvalue weighted by Crippen LogP contribution is -2.43. The second kappa shape index (κ2) is 4.70. The van der Waals surface area contributed by atoms with E-state index in [-0.39, 0.29) is 0 Å². The molecular formula is C8H19N3. The molecule has 0 unspecified atom stereocenters. The monoisotopic (exact) mass is 157 g/mol. The highest BCUT2D eigenvalue weighted by atomic mass is 15.5. The summed E-state index contributed by atoms with van der Waals surface area (Å²) in [5.41, 5.74) is 3.18. The van der Waals surface area contributed by atoms with E-state index < -0.39 is 0 Å². The van der Waals surface area contributed by atoms with Gasteiger partial charge in [0.1, 0.15) is 0 Å². The fourth-order valence-electron chi connectivity index (χ4n) is 1.65. The third-order valence-electron chi connectivity index (χ3n) is 2.42. The van der Waals surface area contributed by atoms with Crippen LogP contribution in [0.5, 0.6) is 0 Å². The van der Waals surface area contributed by atoms with Crippen molar-refractivity contribution in [3.63, 3.8) is 0 Å². The van der Waals surface area contributed by atoms with Crippen LogP contribution in [0, 0.1) is 5.92 Å². The van der Waals surface area contributed by atoms with E-state index in [9.17, 15) is 0 Å². The normalized spacial score (nSPS) is 22.4. The molecule has 1 rings (SSSR count). The zero-order valence-corrected chi connectivity index (χ0v) is 7.56. The number of nitrogens with zero attached hydrogens (tertiary/aromatic N) is 1. The van der Waals surface area contributed by atoms with Gasteiger partial charge in [-0.3, -0.25) is 5.43 Å². The molecule has 66 valence electrons. The third-order valence-corrected chi connectivity index (χ3v) is 2.42. The first-order chi connectivity index (χ1) is 5.36. The first-order valence-electron chi connectivity index (χ1n) is 4.43. The first kappa shape index (κ1) is 8.97. The maximum absolute atomic E-state index is 3.23. The summed E-state index contributed by atoms with van der Waals surface area (Å²) in [5, 5.41) is 5.52. The van der Waals surface area contributed by atoms with Gasteiger partial charge in [0.05, 0.1) is 0 Å². The summed E-state index contributed by atoms with van der Waals surface area (Å²) in [6, 6.07) is 0. The van der Waals surface area contributed by atoms with Gasteiger partial charge in [0, 0.05) is 13.1 Å². The molecule has 3 nitrogen and oxygen atoms in total. The van der Waals surface area contributed by atoms with Crippen LogP contribution < -0.4 is 10.7 Å². The van der Waals surface area contributed by atoms with Gasteiger partial charge < -0.3 is 5.32 Å². The number of piperidine rings is 1. The van der Waals surface area contributed by atoms with Gasteiger partial charge in [-0.1, -0.05) is 0 Å². The molecule has 1 aliphatic heterocycles. The Bertz CT molecular complexity index is 97.5. The molecule has 0 spiro atoms. The van der Waals surface area contributed by atoms with E-state index in [4.69, 9.17) is 0 Å². The highest BCUT2D eigenvalue weighted by molar-refractivity contribution is 4.70. The number of rotatable bonds is 3. The molecule has 1 fully saturated rings. The molecule has 1 saturated heterocycles. The molecule has 2 N–H and O–H groups in total. The van der Waals surface area contributed by atoms with Gasteiger partial charge in [-0.15, -0.1) is 0 Å². The average molecular weight is 157 g/mol. The van der Waals surface area contributed by atoms with Gasteiger partial charge in [-0.25, -0.2) is 5.01 Å². The number of hydrazine groups is 1. The Morgan fingerprint density at radius 2 is 1.91 bits per heavy atom. The van der Waals surface area contributed by atoms with E-state index in [1.165, 1.54) is 32.5 Å². The molecule has 0 bridgehead atoms. The van der Waals surface area contributed by atoms with Crippen LogP contribution >= 0.6 is 0 Å². The molecule has 1 aliphatic rings. The van der Waals surface area contributed by atoms with Crippen molar-refractivity contribution < 1.29 is 0 Å². The van der Waals surface area contributed by atoms with Gasteiger partial charge in [0.15, 0.2) is 0 Å². The molecule has 0 aromatic carbocycles. The largest absolute Gasteiger partial charge is 0.319 e. The van der Waals surface area contributed by atoms with Crippen LogP contribution in [-0.2, 0) is 0 Å². The zero-order chi connectivity index (χ0) is 8.10. The van der Waals surface area contributed by atoms with Crippen LogP contribution in [0.25, 0.3) is 0 Å². The topological polar surface area (TPSA) is 27.3 Å². The van der Waals surface area contributed by atoms with Crippen molar-refractivity contribution in [1.29, 1.82) is 0 Å². The van der Waals surface area contributed by atoms with Gasteiger partial charge in [-0.2, -0.15) is 0 Å². The van der Waals surface area contributed by atoms with Gasteiger partial charge in [0.2, 0.25) is 0 Å². The Balaban J connectivity index is 2.14. The zero-order valence-electron chi connectivity index (χ0n) is 7.56. The van der Waals surface area contributed by atoms with E-state index in [0.717, 1.165) is 5.92 Å². The van der Waals surface area contributed by atoms with Gasteiger partial charge in [0.25, 0.3) is 0 Å². The summed E-state index contributed by atoms with van der Waals surface area (Å²) < 4.78 is 0. The fourth-order valence-corrected chi connectivity index (χ4v) is 1.65. The Labute approximate surface area is 69.1 Å². The van der Waals surface area contributed by atoms with Crippen molar-refractivity contribution >= 4 is 0 Å². The molecule has 1 heterocycles. The molecule has 0 aromatic rings. The second-order valence-corrected chi connectivity index (χ2v) is 3.21. The van der Waals surface area contributed by atoms with Crippen LogP contribution in [-0.4, -0.2) is 38.7 Å². The van der Waals surface area contributed by atoms with Crippen molar-refractivity contribution in [2.75, 3.05) is 33.7 Å². The van der Waals surface area contributed by atoms with Crippen LogP contribution in [0.3, 0.4) is 0 Å². The smallest absolute Gasteiger partial charge is 0.0134 e. The quantitative estimate of drug-likeness (QED) is 0.606. The summed E-state index contributed by atoms with van der Waals surface area (Å²) in [7, 11) is 4.03. The fraction of sp³-hybridized carbons (Fsp3) is 1.00. The second-order valence-electron chi connectivity index (χ2n) is 3.21. The highest BCUT2D eigenvalue weighted by Gasteiger charge is 2.16. The maximum Gasteiger partial charge on any atom is 0.0134 e. The Hall–Kier alpha value is -0.120. The first-order valence-corrected chi connectivity index (χ1v) is 4.43. The molecule has 0 aromatic heterocycles. The minimum Gasteiger partial charge on any atom is -0.319 e. The molecule has 11 heavy (non-hydrogen) atoms. The maximum atomic E-state index is 3.23. The minimum atomic E-state index is 0.893. The van der Waals surface area contributed by atoms with Crippen LogP contribution in [0.15, 0.2) is 0 Å². The predicted octanol–water partition coefficient (Wildman–Crippen LogP) is 0.0522. The molecule has 0 amide bonds. The van der Waals surface area contributed by atoms with Gasteiger partial charge >= 0.3 is 0 Å². The SMILES string of the molecule is CNCC1CCN(NC)CC1. The predicted molar refractivity (Wildman–Crippen MR) is 47.3 cm³/mol. The van der Waals surface area contributed by atoms with E-state index in [1.807, 2.05) is 14.1 Å².